The standard InChI is InChI=1S/C21H23F3N3O5PS/c1-4-31-33(28,32-5-2)26-34(29,30)18-12-10-17(11-13-18)27-19(14-20(25-27)21(22,23)24)16-8-6-15(3)7-9-16/h6-14H,4-5H2,1-3H3,(H,26,28). The molecule has 3 aromatic rings. The highest BCUT2D eigenvalue weighted by Crippen LogP contribution is 2.45. The van der Waals surface area contributed by atoms with Crippen molar-refractivity contribution in [1.82, 2.24) is 14.3 Å². The van der Waals surface area contributed by atoms with Crippen molar-refractivity contribution in [2.45, 2.75) is 31.8 Å². The van der Waals surface area contributed by atoms with Crippen LogP contribution in [0.25, 0.3) is 16.9 Å². The molecule has 34 heavy (non-hydrogen) atoms. The largest absolute Gasteiger partial charge is 0.435 e. The van der Waals surface area contributed by atoms with Gasteiger partial charge in [0.15, 0.2) is 5.69 Å². The predicted molar refractivity (Wildman–Crippen MR) is 120 cm³/mol. The molecule has 0 amide bonds. The molecule has 0 aliphatic carbocycles. The van der Waals surface area contributed by atoms with Gasteiger partial charge in [0.05, 0.1) is 29.5 Å². The van der Waals surface area contributed by atoms with Gasteiger partial charge in [-0.15, -0.1) is 4.49 Å². The molecule has 1 N–H and O–H groups in total. The quantitative estimate of drug-likeness (QED) is 0.386. The predicted octanol–water partition coefficient (Wildman–Crippen LogP) is 5.33. The van der Waals surface area contributed by atoms with E-state index in [1.807, 2.05) is 11.4 Å². The number of nitrogens with one attached hydrogen (secondary N) is 1. The van der Waals surface area contributed by atoms with E-state index in [2.05, 4.69) is 5.10 Å². The third-order valence-corrected chi connectivity index (χ3v) is 8.51. The molecule has 0 saturated carbocycles. The lowest BCUT2D eigenvalue weighted by molar-refractivity contribution is -0.141. The lowest BCUT2D eigenvalue weighted by atomic mass is 10.1. The summed E-state index contributed by atoms with van der Waals surface area (Å²) in [6.45, 7) is 4.80. The summed E-state index contributed by atoms with van der Waals surface area (Å²) >= 11 is 0. The average molecular weight is 517 g/mol. The minimum atomic E-state index is -4.67. The number of rotatable bonds is 9. The molecule has 0 fully saturated rings. The van der Waals surface area contributed by atoms with Crippen molar-refractivity contribution in [3.63, 3.8) is 0 Å². The van der Waals surface area contributed by atoms with Crippen LogP contribution in [0, 0.1) is 6.92 Å². The maximum atomic E-state index is 13.4. The van der Waals surface area contributed by atoms with Crippen LogP contribution in [0.1, 0.15) is 25.1 Å². The molecule has 1 heterocycles. The second kappa shape index (κ2) is 10.0. The molecule has 2 aromatic carbocycles. The van der Waals surface area contributed by atoms with E-state index < -0.39 is 29.6 Å². The van der Waals surface area contributed by atoms with Crippen LogP contribution in [-0.4, -0.2) is 31.4 Å². The van der Waals surface area contributed by atoms with Crippen LogP contribution in [-0.2, 0) is 29.8 Å². The van der Waals surface area contributed by atoms with Crippen molar-refractivity contribution in [3.8, 4) is 16.9 Å². The Morgan fingerprint density at radius 3 is 2.06 bits per heavy atom. The van der Waals surface area contributed by atoms with Crippen molar-refractivity contribution in [2.24, 2.45) is 0 Å². The highest BCUT2D eigenvalue weighted by Gasteiger charge is 2.35. The Hall–Kier alpha value is -2.50. The molecular weight excluding hydrogens is 494 g/mol. The van der Waals surface area contributed by atoms with E-state index >= 15 is 0 Å². The fraction of sp³-hybridized carbons (Fsp3) is 0.286. The topological polar surface area (TPSA) is 99.5 Å². The number of sulfonamides is 1. The zero-order valence-electron chi connectivity index (χ0n) is 18.5. The lowest BCUT2D eigenvalue weighted by Crippen LogP contribution is -2.23. The van der Waals surface area contributed by atoms with Gasteiger partial charge in [0.25, 0.3) is 0 Å². The summed E-state index contributed by atoms with van der Waals surface area (Å²) in [5.74, 6) is 0. The van der Waals surface area contributed by atoms with Crippen molar-refractivity contribution < 1.29 is 35.2 Å². The summed E-state index contributed by atoms with van der Waals surface area (Å²) < 4.78 is 90.9. The maximum Gasteiger partial charge on any atom is 0.435 e. The van der Waals surface area contributed by atoms with E-state index in [1.54, 1.807) is 24.3 Å². The Morgan fingerprint density at radius 1 is 1.00 bits per heavy atom. The van der Waals surface area contributed by atoms with Gasteiger partial charge >= 0.3 is 13.9 Å². The van der Waals surface area contributed by atoms with Crippen LogP contribution < -0.4 is 4.49 Å². The highest BCUT2D eigenvalue weighted by atomic mass is 32.2. The number of hydrogen-bond acceptors (Lipinski definition) is 6. The van der Waals surface area contributed by atoms with Crippen LogP contribution in [0.15, 0.2) is 59.5 Å². The van der Waals surface area contributed by atoms with Gasteiger partial charge in [0, 0.05) is 5.56 Å². The van der Waals surface area contributed by atoms with E-state index in [4.69, 9.17) is 9.05 Å². The first kappa shape index (κ1) is 26.1. The Bertz CT molecular complexity index is 1280. The average Bonchev–Trinajstić information content (AvgIpc) is 3.20. The van der Waals surface area contributed by atoms with Crippen LogP contribution in [0.2, 0.25) is 0 Å². The van der Waals surface area contributed by atoms with Gasteiger partial charge in [-0.05, 0) is 51.1 Å². The number of aryl methyl sites for hydroxylation is 1. The molecule has 0 unspecified atom stereocenters. The second-order valence-corrected chi connectivity index (χ2v) is 10.8. The van der Waals surface area contributed by atoms with E-state index in [9.17, 15) is 26.2 Å². The molecule has 13 heteroatoms. The minimum Gasteiger partial charge on any atom is -0.296 e. The molecule has 0 bridgehead atoms. The lowest BCUT2D eigenvalue weighted by Gasteiger charge is -2.17. The number of benzene rings is 2. The van der Waals surface area contributed by atoms with Crippen molar-refractivity contribution in [3.05, 3.63) is 65.9 Å². The van der Waals surface area contributed by atoms with Gasteiger partial charge in [-0.3, -0.25) is 9.05 Å². The molecule has 8 nitrogen and oxygen atoms in total. The number of hydrogen-bond donors (Lipinski definition) is 1. The van der Waals surface area contributed by atoms with Crippen LogP contribution in [0.5, 0.6) is 0 Å². The number of halogens is 3. The molecule has 0 aliphatic rings. The zero-order valence-corrected chi connectivity index (χ0v) is 20.2. The first-order valence-corrected chi connectivity index (χ1v) is 13.2. The Kier molecular flexibility index (Phi) is 7.69. The third kappa shape index (κ3) is 5.94. The molecule has 184 valence electrons. The molecule has 0 aliphatic heterocycles. The monoisotopic (exact) mass is 517 g/mol. The maximum absolute atomic E-state index is 13.4. The van der Waals surface area contributed by atoms with Crippen molar-refractivity contribution in [2.75, 3.05) is 13.2 Å². The molecular formula is C21H23F3N3O5PS. The molecule has 1 aromatic heterocycles. The molecule has 0 saturated heterocycles. The fourth-order valence-corrected chi connectivity index (χ4v) is 6.31. The fourth-order valence-electron chi connectivity index (χ4n) is 3.04. The normalized spacial score (nSPS) is 12.8. The number of nitrogens with zero attached hydrogens (tertiary/aromatic N) is 2. The van der Waals surface area contributed by atoms with E-state index in [0.717, 1.165) is 28.4 Å². The van der Waals surface area contributed by atoms with Gasteiger partial charge in [-0.1, -0.05) is 29.8 Å². The van der Waals surface area contributed by atoms with Gasteiger partial charge in [-0.2, -0.15) is 18.3 Å². The first-order chi connectivity index (χ1) is 15.9. The minimum absolute atomic E-state index is 0.0542. The van der Waals surface area contributed by atoms with Gasteiger partial charge in [-0.25, -0.2) is 17.7 Å². The van der Waals surface area contributed by atoms with Gasteiger partial charge in [0.2, 0.25) is 10.0 Å². The third-order valence-electron chi connectivity index (χ3n) is 4.57. The Balaban J connectivity index is 2.00. The summed E-state index contributed by atoms with van der Waals surface area (Å²) in [5.41, 5.74) is 0.725. The summed E-state index contributed by atoms with van der Waals surface area (Å²) in [7, 11) is -8.44. The van der Waals surface area contributed by atoms with Crippen LogP contribution >= 0.6 is 7.75 Å². The molecule has 0 atom stereocenters. The van der Waals surface area contributed by atoms with Crippen molar-refractivity contribution in [1.29, 1.82) is 0 Å². The smallest absolute Gasteiger partial charge is 0.296 e. The molecule has 3 rings (SSSR count). The number of aromatic nitrogens is 2. The summed E-state index contributed by atoms with van der Waals surface area (Å²) in [5, 5.41) is 3.69. The number of alkyl halides is 3. The first-order valence-electron chi connectivity index (χ1n) is 10.2. The van der Waals surface area contributed by atoms with Gasteiger partial charge in [0.1, 0.15) is 0 Å². The zero-order chi connectivity index (χ0) is 25.1. The summed E-state index contributed by atoms with van der Waals surface area (Å²) in [6.07, 6.45) is -4.67. The second-order valence-electron chi connectivity index (χ2n) is 7.11. The van der Waals surface area contributed by atoms with E-state index in [-0.39, 0.29) is 29.5 Å². The highest BCUT2D eigenvalue weighted by molar-refractivity contribution is 7.94. The van der Waals surface area contributed by atoms with E-state index in [1.165, 1.54) is 26.0 Å². The SMILES string of the molecule is CCOP(=O)(NS(=O)(=O)c1ccc(-n2nc(C(F)(F)F)cc2-c2ccc(C)cc2)cc1)OCC. The summed E-state index contributed by atoms with van der Waals surface area (Å²) in [6, 6.07) is 12.7. The van der Waals surface area contributed by atoms with Crippen molar-refractivity contribution >= 4 is 17.8 Å². The van der Waals surface area contributed by atoms with Crippen LogP contribution in [0.3, 0.4) is 0 Å². The van der Waals surface area contributed by atoms with E-state index in [0.29, 0.717) is 5.56 Å². The van der Waals surface area contributed by atoms with Crippen LogP contribution in [0.4, 0.5) is 13.2 Å². The van der Waals surface area contributed by atoms with Gasteiger partial charge < -0.3 is 0 Å². The summed E-state index contributed by atoms with van der Waals surface area (Å²) in [4.78, 5) is -0.282. The molecule has 0 radical (unpaired) electrons. The Labute approximate surface area is 195 Å². The Morgan fingerprint density at radius 2 is 1.56 bits per heavy atom. The molecule has 0 spiro atoms.